The number of carboxylic acid groups (broad SMARTS) is 1. The molecular formula is C10H17N3O4. The Morgan fingerprint density at radius 3 is 2.76 bits per heavy atom. The van der Waals surface area contributed by atoms with Crippen LogP contribution >= 0.6 is 0 Å². The molecule has 1 atom stereocenters. The highest BCUT2D eigenvalue weighted by Gasteiger charge is 2.14. The maximum atomic E-state index is 11.5. The number of urea groups is 1. The fourth-order valence-corrected chi connectivity index (χ4v) is 0.984. The van der Waals surface area contributed by atoms with Gasteiger partial charge in [0.1, 0.15) is 6.61 Å². The van der Waals surface area contributed by atoms with Gasteiger partial charge in [0.25, 0.3) is 0 Å². The van der Waals surface area contributed by atoms with Gasteiger partial charge >= 0.3 is 12.0 Å². The van der Waals surface area contributed by atoms with Gasteiger partial charge in [-0.25, -0.2) is 9.59 Å². The van der Waals surface area contributed by atoms with Gasteiger partial charge in [0.05, 0.1) is 19.1 Å². The molecule has 0 saturated carbocycles. The largest absolute Gasteiger partial charge is 0.480 e. The van der Waals surface area contributed by atoms with E-state index < -0.39 is 5.97 Å². The van der Waals surface area contributed by atoms with Crippen molar-refractivity contribution in [1.82, 2.24) is 10.2 Å². The summed E-state index contributed by atoms with van der Waals surface area (Å²) >= 11 is 0. The number of carbonyl (C=O) groups excluding carboxylic acids is 1. The number of hydrogen-bond acceptors (Lipinski definition) is 4. The van der Waals surface area contributed by atoms with Crippen LogP contribution < -0.4 is 5.32 Å². The van der Waals surface area contributed by atoms with Crippen molar-refractivity contribution in [3.63, 3.8) is 0 Å². The summed E-state index contributed by atoms with van der Waals surface area (Å²) in [6.45, 7) is 1.76. The molecule has 2 N–H and O–H groups in total. The van der Waals surface area contributed by atoms with E-state index in [0.717, 1.165) is 0 Å². The van der Waals surface area contributed by atoms with Crippen LogP contribution in [0.3, 0.4) is 0 Å². The molecule has 17 heavy (non-hydrogen) atoms. The highest BCUT2D eigenvalue weighted by molar-refractivity contribution is 5.74. The molecular weight excluding hydrogens is 226 g/mol. The normalized spacial score (nSPS) is 11.4. The lowest BCUT2D eigenvalue weighted by atomic mass is 10.2. The maximum absolute atomic E-state index is 11.5. The van der Waals surface area contributed by atoms with Gasteiger partial charge in [-0.05, 0) is 6.92 Å². The van der Waals surface area contributed by atoms with Gasteiger partial charge < -0.3 is 20.1 Å². The number of carbonyl (C=O) groups is 2. The van der Waals surface area contributed by atoms with Gasteiger partial charge in [-0.2, -0.15) is 5.26 Å². The van der Waals surface area contributed by atoms with E-state index in [1.54, 1.807) is 14.0 Å². The van der Waals surface area contributed by atoms with Crippen molar-refractivity contribution in [3.05, 3.63) is 0 Å². The lowest BCUT2D eigenvalue weighted by Gasteiger charge is -2.23. The Morgan fingerprint density at radius 1 is 1.59 bits per heavy atom. The van der Waals surface area contributed by atoms with E-state index in [-0.39, 0.29) is 38.3 Å². The van der Waals surface area contributed by atoms with E-state index in [0.29, 0.717) is 0 Å². The Balaban J connectivity index is 3.71. The van der Waals surface area contributed by atoms with Crippen molar-refractivity contribution in [2.75, 3.05) is 26.8 Å². The van der Waals surface area contributed by atoms with Crippen molar-refractivity contribution in [3.8, 4) is 6.07 Å². The second kappa shape index (κ2) is 8.35. The first-order valence-electron chi connectivity index (χ1n) is 5.16. The zero-order valence-corrected chi connectivity index (χ0v) is 9.97. The molecule has 7 nitrogen and oxygen atoms in total. The van der Waals surface area contributed by atoms with Crippen LogP contribution in [0, 0.1) is 11.3 Å². The molecule has 1 unspecified atom stereocenters. The predicted molar refractivity (Wildman–Crippen MR) is 59.3 cm³/mol. The fraction of sp³-hybridized carbons (Fsp3) is 0.700. The first kappa shape index (κ1) is 15.2. The average molecular weight is 243 g/mol. The van der Waals surface area contributed by atoms with Crippen molar-refractivity contribution >= 4 is 12.0 Å². The minimum absolute atomic E-state index is 0.137. The summed E-state index contributed by atoms with van der Waals surface area (Å²) in [4.78, 5) is 23.0. The number of nitriles is 1. The second-order valence-corrected chi connectivity index (χ2v) is 3.50. The molecule has 0 radical (unpaired) electrons. The molecule has 7 heteroatoms. The summed E-state index contributed by atoms with van der Waals surface area (Å²) in [6.07, 6.45) is 0.263. The number of amides is 2. The molecule has 0 aromatic heterocycles. The summed E-state index contributed by atoms with van der Waals surface area (Å²) < 4.78 is 4.75. The molecule has 0 aliphatic carbocycles. The van der Waals surface area contributed by atoms with Crippen molar-refractivity contribution in [2.24, 2.45) is 0 Å². The Morgan fingerprint density at radius 2 is 2.24 bits per heavy atom. The number of rotatable bonds is 7. The Labute approximate surface area is 100.0 Å². The van der Waals surface area contributed by atoms with Gasteiger partial charge in [0, 0.05) is 19.6 Å². The molecule has 0 saturated heterocycles. The lowest BCUT2D eigenvalue weighted by molar-refractivity contribution is -0.142. The molecule has 0 rings (SSSR count). The molecule has 0 aliphatic heterocycles. The van der Waals surface area contributed by atoms with Crippen LogP contribution in [-0.4, -0.2) is 54.9 Å². The summed E-state index contributed by atoms with van der Waals surface area (Å²) in [5.41, 5.74) is 0. The first-order chi connectivity index (χ1) is 7.99. The van der Waals surface area contributed by atoms with E-state index in [9.17, 15) is 9.59 Å². The number of ether oxygens (including phenoxy) is 1. The third kappa shape index (κ3) is 7.14. The van der Waals surface area contributed by atoms with Gasteiger partial charge in [0.2, 0.25) is 0 Å². The molecule has 96 valence electrons. The van der Waals surface area contributed by atoms with E-state index in [2.05, 4.69) is 5.32 Å². The van der Waals surface area contributed by atoms with E-state index in [1.807, 2.05) is 6.07 Å². The quantitative estimate of drug-likeness (QED) is 0.614. The van der Waals surface area contributed by atoms with Crippen LogP contribution in [-0.2, 0) is 9.53 Å². The third-order valence-electron chi connectivity index (χ3n) is 2.12. The van der Waals surface area contributed by atoms with E-state index in [4.69, 9.17) is 15.1 Å². The van der Waals surface area contributed by atoms with Crippen LogP contribution in [0.1, 0.15) is 13.3 Å². The van der Waals surface area contributed by atoms with Gasteiger partial charge in [0.15, 0.2) is 0 Å². The van der Waals surface area contributed by atoms with Crippen molar-refractivity contribution in [1.29, 1.82) is 5.26 Å². The third-order valence-corrected chi connectivity index (χ3v) is 2.12. The zero-order valence-electron chi connectivity index (χ0n) is 9.97. The van der Waals surface area contributed by atoms with Gasteiger partial charge in [-0.15, -0.1) is 0 Å². The highest BCUT2D eigenvalue weighted by atomic mass is 16.5. The molecule has 0 aliphatic rings. The summed E-state index contributed by atoms with van der Waals surface area (Å²) in [5.74, 6) is -1.05. The fourth-order valence-electron chi connectivity index (χ4n) is 0.984. The van der Waals surface area contributed by atoms with Gasteiger partial charge in [-0.1, -0.05) is 0 Å². The van der Waals surface area contributed by atoms with Crippen LogP contribution in [0.15, 0.2) is 0 Å². The first-order valence-corrected chi connectivity index (χ1v) is 5.16. The second-order valence-electron chi connectivity index (χ2n) is 3.50. The van der Waals surface area contributed by atoms with Crippen molar-refractivity contribution < 1.29 is 19.4 Å². The predicted octanol–water partition coefficient (Wildman–Crippen LogP) is 0.0312. The number of nitrogens with zero attached hydrogens (tertiary/aromatic N) is 2. The molecule has 0 heterocycles. The van der Waals surface area contributed by atoms with Crippen LogP contribution in [0.2, 0.25) is 0 Å². The molecule has 2 amide bonds. The summed E-state index contributed by atoms with van der Waals surface area (Å²) in [7, 11) is 1.59. The molecule has 0 spiro atoms. The highest BCUT2D eigenvalue weighted by Crippen LogP contribution is 1.99. The van der Waals surface area contributed by atoms with E-state index >= 15 is 0 Å². The number of carboxylic acids is 1. The Hall–Kier alpha value is -1.81. The zero-order chi connectivity index (χ0) is 13.3. The lowest BCUT2D eigenvalue weighted by Crippen LogP contribution is -2.43. The average Bonchev–Trinajstić information content (AvgIpc) is 2.27. The molecule has 0 bridgehead atoms. The summed E-state index contributed by atoms with van der Waals surface area (Å²) in [6, 6.07) is 1.50. The molecule has 0 aromatic carbocycles. The van der Waals surface area contributed by atoms with E-state index in [1.165, 1.54) is 4.90 Å². The van der Waals surface area contributed by atoms with Gasteiger partial charge in [-0.3, -0.25) is 0 Å². The van der Waals surface area contributed by atoms with Crippen molar-refractivity contribution in [2.45, 2.75) is 19.4 Å². The molecule has 0 aromatic rings. The smallest absolute Gasteiger partial charge is 0.329 e. The standard InChI is InChI=1S/C10H17N3O4/c1-8(3-4-11)13(2)10(16)12-5-6-17-7-9(14)15/h8H,3,5-7H2,1-2H3,(H,12,16)(H,14,15). The Bertz CT molecular complexity index is 300. The summed E-state index contributed by atoms with van der Waals surface area (Å²) in [5, 5.41) is 19.3. The Kier molecular flexibility index (Phi) is 7.46. The number of nitrogens with one attached hydrogen (secondary N) is 1. The SMILES string of the molecule is CC(CC#N)N(C)C(=O)NCCOCC(=O)O. The minimum atomic E-state index is -1.05. The number of hydrogen-bond donors (Lipinski definition) is 2. The molecule has 0 fully saturated rings. The maximum Gasteiger partial charge on any atom is 0.329 e. The monoisotopic (exact) mass is 243 g/mol. The van der Waals surface area contributed by atoms with Crippen LogP contribution in [0.25, 0.3) is 0 Å². The minimum Gasteiger partial charge on any atom is -0.480 e. The number of aliphatic carboxylic acids is 1. The van der Waals surface area contributed by atoms with Crippen LogP contribution in [0.5, 0.6) is 0 Å². The van der Waals surface area contributed by atoms with Crippen LogP contribution in [0.4, 0.5) is 4.79 Å². The topological polar surface area (TPSA) is 103 Å².